The van der Waals surface area contributed by atoms with Gasteiger partial charge in [0.2, 0.25) is 5.91 Å². The molecule has 1 atom stereocenters. The van der Waals surface area contributed by atoms with E-state index in [9.17, 15) is 4.79 Å². The number of aromatic nitrogens is 3. The van der Waals surface area contributed by atoms with Gasteiger partial charge in [0.1, 0.15) is 11.5 Å². The van der Waals surface area contributed by atoms with Crippen LogP contribution in [0, 0.1) is 0 Å². The molecule has 1 unspecified atom stereocenters. The summed E-state index contributed by atoms with van der Waals surface area (Å²) >= 11 is 1.36. The molecule has 0 aliphatic heterocycles. The van der Waals surface area contributed by atoms with Gasteiger partial charge in [0.25, 0.3) is 0 Å². The summed E-state index contributed by atoms with van der Waals surface area (Å²) in [5, 5.41) is 12.2. The van der Waals surface area contributed by atoms with E-state index in [1.165, 1.54) is 11.8 Å². The standard InChI is InChI=1S/C22H26N4O3S/c1-15(2)26-21(16(3)29-19-12-8-11-18(13-19)28-4)24-25-22(26)30-14-20(27)23-17-9-6-5-7-10-17/h5-13,15-16H,14H2,1-4H3,(H,23,27). The van der Waals surface area contributed by atoms with Crippen molar-refractivity contribution in [2.24, 2.45) is 0 Å². The molecular weight excluding hydrogens is 400 g/mol. The predicted octanol–water partition coefficient (Wildman–Crippen LogP) is 4.74. The summed E-state index contributed by atoms with van der Waals surface area (Å²) in [6, 6.07) is 16.9. The number of thioether (sulfide) groups is 1. The van der Waals surface area contributed by atoms with E-state index in [0.29, 0.717) is 16.7 Å². The second kappa shape index (κ2) is 10.2. The second-order valence-corrected chi connectivity index (χ2v) is 7.89. The van der Waals surface area contributed by atoms with Crippen molar-refractivity contribution in [3.05, 3.63) is 60.4 Å². The highest BCUT2D eigenvalue weighted by Gasteiger charge is 2.22. The average Bonchev–Trinajstić information content (AvgIpc) is 3.18. The number of hydrogen-bond acceptors (Lipinski definition) is 6. The van der Waals surface area contributed by atoms with Crippen molar-refractivity contribution in [2.45, 2.75) is 38.1 Å². The SMILES string of the molecule is COc1cccc(OC(C)c2nnc(SCC(=O)Nc3ccccc3)n2C(C)C)c1. The van der Waals surface area contributed by atoms with Gasteiger partial charge in [-0.15, -0.1) is 10.2 Å². The number of rotatable bonds is 9. The fourth-order valence-corrected chi connectivity index (χ4v) is 3.80. The normalized spacial score (nSPS) is 11.9. The molecule has 1 amide bonds. The van der Waals surface area contributed by atoms with Gasteiger partial charge in [-0.3, -0.25) is 4.79 Å². The highest BCUT2D eigenvalue weighted by molar-refractivity contribution is 7.99. The van der Waals surface area contributed by atoms with Gasteiger partial charge in [-0.05, 0) is 45.0 Å². The first-order chi connectivity index (χ1) is 14.5. The van der Waals surface area contributed by atoms with Crippen LogP contribution in [0.1, 0.15) is 38.7 Å². The lowest BCUT2D eigenvalue weighted by Gasteiger charge is -2.19. The summed E-state index contributed by atoms with van der Waals surface area (Å²) in [6.45, 7) is 6.04. The maximum atomic E-state index is 12.3. The molecule has 2 aromatic carbocycles. The van der Waals surface area contributed by atoms with E-state index in [4.69, 9.17) is 9.47 Å². The van der Waals surface area contributed by atoms with Crippen molar-refractivity contribution in [3.63, 3.8) is 0 Å². The van der Waals surface area contributed by atoms with Gasteiger partial charge in [-0.25, -0.2) is 0 Å². The van der Waals surface area contributed by atoms with Gasteiger partial charge >= 0.3 is 0 Å². The summed E-state index contributed by atoms with van der Waals surface area (Å²) in [5.74, 6) is 2.28. The van der Waals surface area contributed by atoms with E-state index >= 15 is 0 Å². The Bertz CT molecular complexity index is 976. The molecule has 1 N–H and O–H groups in total. The van der Waals surface area contributed by atoms with Crippen LogP contribution < -0.4 is 14.8 Å². The van der Waals surface area contributed by atoms with Crippen molar-refractivity contribution in [1.82, 2.24) is 14.8 Å². The molecule has 0 aliphatic carbocycles. The van der Waals surface area contributed by atoms with E-state index in [1.54, 1.807) is 7.11 Å². The Morgan fingerprint density at radius 1 is 1.07 bits per heavy atom. The van der Waals surface area contributed by atoms with Crippen molar-refractivity contribution < 1.29 is 14.3 Å². The molecule has 0 radical (unpaired) electrons. The summed E-state index contributed by atoms with van der Waals surface area (Å²) in [4.78, 5) is 12.3. The lowest BCUT2D eigenvalue weighted by Crippen LogP contribution is -2.16. The predicted molar refractivity (Wildman–Crippen MR) is 118 cm³/mol. The van der Waals surface area contributed by atoms with Crippen LogP contribution in [0.4, 0.5) is 5.69 Å². The molecule has 8 heteroatoms. The minimum atomic E-state index is -0.320. The number of para-hydroxylation sites is 1. The molecule has 1 aromatic heterocycles. The third-order valence-electron chi connectivity index (χ3n) is 4.31. The number of hydrogen-bond donors (Lipinski definition) is 1. The van der Waals surface area contributed by atoms with Crippen LogP contribution in [0.3, 0.4) is 0 Å². The molecule has 0 fully saturated rings. The number of amides is 1. The molecule has 3 rings (SSSR count). The topological polar surface area (TPSA) is 78.3 Å². The lowest BCUT2D eigenvalue weighted by atomic mass is 10.3. The van der Waals surface area contributed by atoms with E-state index < -0.39 is 0 Å². The number of ether oxygens (including phenoxy) is 2. The Balaban J connectivity index is 1.68. The number of nitrogens with zero attached hydrogens (tertiary/aromatic N) is 3. The van der Waals surface area contributed by atoms with Gasteiger partial charge < -0.3 is 19.4 Å². The zero-order valence-corrected chi connectivity index (χ0v) is 18.3. The maximum absolute atomic E-state index is 12.3. The van der Waals surface area contributed by atoms with Gasteiger partial charge in [-0.1, -0.05) is 36.0 Å². The molecule has 0 saturated heterocycles. The van der Waals surface area contributed by atoms with Gasteiger partial charge in [0, 0.05) is 17.8 Å². The highest BCUT2D eigenvalue weighted by atomic mass is 32.2. The van der Waals surface area contributed by atoms with E-state index in [0.717, 1.165) is 11.4 Å². The first-order valence-electron chi connectivity index (χ1n) is 9.71. The number of anilines is 1. The zero-order chi connectivity index (χ0) is 21.5. The number of carbonyl (C=O) groups excluding carboxylic acids is 1. The van der Waals surface area contributed by atoms with Crippen LogP contribution in [0.15, 0.2) is 59.8 Å². The van der Waals surface area contributed by atoms with Crippen LogP contribution in [0.5, 0.6) is 11.5 Å². The Hall–Kier alpha value is -3.00. The number of nitrogens with one attached hydrogen (secondary N) is 1. The third kappa shape index (κ3) is 5.54. The smallest absolute Gasteiger partial charge is 0.234 e. The summed E-state index contributed by atoms with van der Waals surface area (Å²) < 4.78 is 13.3. The molecule has 7 nitrogen and oxygen atoms in total. The van der Waals surface area contributed by atoms with Crippen molar-refractivity contribution in [1.29, 1.82) is 0 Å². The fraction of sp³-hybridized carbons (Fsp3) is 0.318. The molecule has 30 heavy (non-hydrogen) atoms. The summed E-state index contributed by atoms with van der Waals surface area (Å²) in [5.41, 5.74) is 0.773. The quantitative estimate of drug-likeness (QED) is 0.498. The molecule has 0 saturated carbocycles. The average molecular weight is 427 g/mol. The second-order valence-electron chi connectivity index (χ2n) is 6.95. The minimum Gasteiger partial charge on any atom is -0.497 e. The van der Waals surface area contributed by atoms with Gasteiger partial charge in [-0.2, -0.15) is 0 Å². The van der Waals surface area contributed by atoms with Crippen LogP contribution in [0.2, 0.25) is 0 Å². The Morgan fingerprint density at radius 2 is 1.80 bits per heavy atom. The molecule has 0 bridgehead atoms. The number of benzene rings is 2. The van der Waals surface area contributed by atoms with Crippen molar-refractivity contribution in [3.8, 4) is 11.5 Å². The molecule has 158 valence electrons. The van der Waals surface area contributed by atoms with E-state index in [-0.39, 0.29) is 23.8 Å². The van der Waals surface area contributed by atoms with E-state index in [1.807, 2.05) is 66.1 Å². The molecule has 1 heterocycles. The zero-order valence-electron chi connectivity index (χ0n) is 17.5. The Labute approximate surface area is 180 Å². The van der Waals surface area contributed by atoms with Crippen LogP contribution >= 0.6 is 11.8 Å². The monoisotopic (exact) mass is 426 g/mol. The van der Waals surface area contributed by atoms with Crippen LogP contribution in [0.25, 0.3) is 0 Å². The number of carbonyl (C=O) groups is 1. The Kier molecular flexibility index (Phi) is 7.35. The number of methoxy groups -OCH3 is 1. The first kappa shape index (κ1) is 21.7. The van der Waals surface area contributed by atoms with E-state index in [2.05, 4.69) is 29.4 Å². The van der Waals surface area contributed by atoms with Crippen LogP contribution in [-0.2, 0) is 4.79 Å². The molecular formula is C22H26N4O3S. The third-order valence-corrected chi connectivity index (χ3v) is 5.26. The highest BCUT2D eigenvalue weighted by Crippen LogP contribution is 2.29. The summed E-state index contributed by atoms with van der Waals surface area (Å²) in [6.07, 6.45) is -0.320. The first-order valence-corrected chi connectivity index (χ1v) is 10.7. The van der Waals surface area contributed by atoms with Gasteiger partial charge in [0.05, 0.1) is 12.9 Å². The van der Waals surface area contributed by atoms with Gasteiger partial charge in [0.15, 0.2) is 17.1 Å². The fourth-order valence-electron chi connectivity index (χ4n) is 2.93. The van der Waals surface area contributed by atoms with Crippen LogP contribution in [-0.4, -0.2) is 33.5 Å². The van der Waals surface area contributed by atoms with Crippen molar-refractivity contribution in [2.75, 3.05) is 18.2 Å². The molecule has 0 spiro atoms. The summed E-state index contributed by atoms with van der Waals surface area (Å²) in [7, 11) is 1.62. The van der Waals surface area contributed by atoms with Crippen molar-refractivity contribution >= 4 is 23.4 Å². The largest absolute Gasteiger partial charge is 0.497 e. The lowest BCUT2D eigenvalue weighted by molar-refractivity contribution is -0.113. The molecule has 0 aliphatic rings. The minimum absolute atomic E-state index is 0.0910. The Morgan fingerprint density at radius 3 is 2.50 bits per heavy atom. The maximum Gasteiger partial charge on any atom is 0.234 e. The molecule has 3 aromatic rings.